The number of hydrogen-bond acceptors (Lipinski definition) is 5. The molecule has 1 aromatic heterocycles. The molecular weight excluding hydrogens is 254 g/mol. The summed E-state index contributed by atoms with van der Waals surface area (Å²) in [6, 6.07) is 6.02. The first-order valence-corrected chi connectivity index (χ1v) is 6.86. The highest BCUT2D eigenvalue weighted by molar-refractivity contribution is 5.72. The van der Waals surface area contributed by atoms with Gasteiger partial charge in [-0.1, -0.05) is 0 Å². The molecule has 1 aromatic rings. The minimum Gasteiger partial charge on any atom is -0.469 e. The van der Waals surface area contributed by atoms with Gasteiger partial charge < -0.3 is 10.1 Å². The van der Waals surface area contributed by atoms with Gasteiger partial charge in [0.1, 0.15) is 11.9 Å². The smallest absolute Gasteiger partial charge is 0.308 e. The summed E-state index contributed by atoms with van der Waals surface area (Å²) in [5.74, 6) is 0.544. The molecule has 1 aliphatic carbocycles. The number of methoxy groups -OCH3 is 1. The second-order valence-corrected chi connectivity index (χ2v) is 5.18. The predicted molar refractivity (Wildman–Crippen MR) is 75.1 cm³/mol. The van der Waals surface area contributed by atoms with Gasteiger partial charge in [0.15, 0.2) is 0 Å². The van der Waals surface area contributed by atoms with E-state index in [4.69, 9.17) is 10.00 Å². The molecule has 106 valence electrons. The Labute approximate surface area is 119 Å². The Balaban J connectivity index is 1.98. The number of hydrogen-bond donors (Lipinski definition) is 1. The maximum atomic E-state index is 11.5. The largest absolute Gasteiger partial charge is 0.469 e. The molecule has 0 unspecified atom stereocenters. The Morgan fingerprint density at radius 3 is 2.70 bits per heavy atom. The summed E-state index contributed by atoms with van der Waals surface area (Å²) in [4.78, 5) is 15.9. The highest BCUT2D eigenvalue weighted by Gasteiger charge is 2.27. The quantitative estimate of drug-likeness (QED) is 0.856. The number of aryl methyl sites for hydroxylation is 1. The summed E-state index contributed by atoms with van der Waals surface area (Å²) < 4.78 is 4.78. The standard InChI is InChI=1S/C15H19N3O2/c1-10-3-4-12(9-16)14(17-10)18-13-7-5-11(6-8-13)15(19)20-2/h3-4,11,13H,5-8H2,1-2H3,(H,17,18). The number of nitrogens with zero attached hydrogens (tertiary/aromatic N) is 2. The monoisotopic (exact) mass is 273 g/mol. The maximum Gasteiger partial charge on any atom is 0.308 e. The van der Waals surface area contributed by atoms with Crippen LogP contribution in [0.1, 0.15) is 36.9 Å². The number of ether oxygens (including phenoxy) is 1. The molecule has 0 saturated heterocycles. The molecule has 1 saturated carbocycles. The SMILES string of the molecule is COC(=O)C1CCC(Nc2nc(C)ccc2C#N)CC1. The minimum absolute atomic E-state index is 0.0129. The van der Waals surface area contributed by atoms with Crippen LogP contribution >= 0.6 is 0 Å². The van der Waals surface area contributed by atoms with Crippen LogP contribution in [0.4, 0.5) is 5.82 Å². The average Bonchev–Trinajstić information content (AvgIpc) is 2.47. The van der Waals surface area contributed by atoms with E-state index in [1.54, 1.807) is 6.07 Å². The number of pyridine rings is 1. The molecule has 0 radical (unpaired) electrons. The van der Waals surface area contributed by atoms with Crippen LogP contribution in [0.25, 0.3) is 0 Å². The van der Waals surface area contributed by atoms with Gasteiger partial charge in [-0.05, 0) is 44.7 Å². The Morgan fingerprint density at radius 1 is 1.40 bits per heavy atom. The first kappa shape index (κ1) is 14.3. The van der Waals surface area contributed by atoms with Gasteiger partial charge in [-0.2, -0.15) is 5.26 Å². The van der Waals surface area contributed by atoms with Crippen molar-refractivity contribution in [2.24, 2.45) is 5.92 Å². The summed E-state index contributed by atoms with van der Waals surface area (Å²) in [6.45, 7) is 1.90. The van der Waals surface area contributed by atoms with Gasteiger partial charge in [0.25, 0.3) is 0 Å². The molecular formula is C15H19N3O2. The number of nitrogens with one attached hydrogen (secondary N) is 1. The molecule has 0 aromatic carbocycles. The molecule has 1 heterocycles. The summed E-state index contributed by atoms with van der Waals surface area (Å²) in [5, 5.41) is 12.4. The number of rotatable bonds is 3. The van der Waals surface area contributed by atoms with Gasteiger partial charge >= 0.3 is 5.97 Å². The molecule has 0 amide bonds. The third kappa shape index (κ3) is 3.27. The van der Waals surface area contributed by atoms with E-state index in [2.05, 4.69) is 16.4 Å². The van der Waals surface area contributed by atoms with Crippen molar-refractivity contribution in [3.05, 3.63) is 23.4 Å². The summed E-state index contributed by atoms with van der Waals surface area (Å²) in [7, 11) is 1.43. The molecule has 1 aliphatic rings. The van der Waals surface area contributed by atoms with Crippen LogP contribution in [0.15, 0.2) is 12.1 Å². The van der Waals surface area contributed by atoms with Crippen LogP contribution < -0.4 is 5.32 Å². The van der Waals surface area contributed by atoms with Crippen molar-refractivity contribution in [3.63, 3.8) is 0 Å². The van der Waals surface area contributed by atoms with E-state index in [1.807, 2.05) is 13.0 Å². The van der Waals surface area contributed by atoms with Crippen LogP contribution in [-0.2, 0) is 9.53 Å². The molecule has 1 N–H and O–H groups in total. The third-order valence-corrected chi connectivity index (χ3v) is 3.76. The summed E-state index contributed by atoms with van der Waals surface area (Å²) in [5.41, 5.74) is 1.44. The molecule has 0 aliphatic heterocycles. The highest BCUT2D eigenvalue weighted by atomic mass is 16.5. The van der Waals surface area contributed by atoms with Gasteiger partial charge in [-0.15, -0.1) is 0 Å². The molecule has 5 heteroatoms. The first-order chi connectivity index (χ1) is 9.63. The number of aromatic nitrogens is 1. The van der Waals surface area contributed by atoms with E-state index >= 15 is 0 Å². The number of carbonyl (C=O) groups excluding carboxylic acids is 1. The van der Waals surface area contributed by atoms with E-state index in [9.17, 15) is 4.79 Å². The first-order valence-electron chi connectivity index (χ1n) is 6.86. The lowest BCUT2D eigenvalue weighted by Gasteiger charge is -2.28. The van der Waals surface area contributed by atoms with Crippen molar-refractivity contribution in [2.45, 2.75) is 38.6 Å². The van der Waals surface area contributed by atoms with E-state index < -0.39 is 0 Å². The lowest BCUT2D eigenvalue weighted by molar-refractivity contribution is -0.146. The van der Waals surface area contributed by atoms with Crippen molar-refractivity contribution in [2.75, 3.05) is 12.4 Å². The van der Waals surface area contributed by atoms with Crippen LogP contribution in [0, 0.1) is 24.2 Å². The normalized spacial score (nSPS) is 21.9. The van der Waals surface area contributed by atoms with E-state index in [1.165, 1.54) is 7.11 Å². The number of esters is 1. The van der Waals surface area contributed by atoms with E-state index in [0.717, 1.165) is 31.4 Å². The number of anilines is 1. The molecule has 0 bridgehead atoms. The van der Waals surface area contributed by atoms with Crippen molar-refractivity contribution >= 4 is 11.8 Å². The van der Waals surface area contributed by atoms with Crippen LogP contribution in [0.2, 0.25) is 0 Å². The van der Waals surface area contributed by atoms with Crippen LogP contribution in [0.3, 0.4) is 0 Å². The fraction of sp³-hybridized carbons (Fsp3) is 0.533. The van der Waals surface area contributed by atoms with Crippen molar-refractivity contribution in [3.8, 4) is 6.07 Å². The zero-order valence-corrected chi connectivity index (χ0v) is 11.8. The predicted octanol–water partition coefficient (Wildman–Crippen LogP) is 2.41. The van der Waals surface area contributed by atoms with Gasteiger partial charge in [0.2, 0.25) is 0 Å². The molecule has 5 nitrogen and oxygen atoms in total. The molecule has 0 atom stereocenters. The van der Waals surface area contributed by atoms with Crippen molar-refractivity contribution in [1.29, 1.82) is 5.26 Å². The minimum atomic E-state index is -0.116. The molecule has 20 heavy (non-hydrogen) atoms. The van der Waals surface area contributed by atoms with E-state index in [0.29, 0.717) is 11.4 Å². The maximum absolute atomic E-state index is 11.5. The van der Waals surface area contributed by atoms with Crippen molar-refractivity contribution < 1.29 is 9.53 Å². The lowest BCUT2D eigenvalue weighted by Crippen LogP contribution is -2.30. The Bertz CT molecular complexity index is 528. The van der Waals surface area contributed by atoms with E-state index in [-0.39, 0.29) is 17.9 Å². The zero-order valence-electron chi connectivity index (χ0n) is 11.8. The second kappa shape index (κ2) is 6.38. The van der Waals surface area contributed by atoms with Gasteiger partial charge in [-0.25, -0.2) is 4.98 Å². The fourth-order valence-electron chi connectivity index (χ4n) is 2.59. The molecule has 1 fully saturated rings. The third-order valence-electron chi connectivity index (χ3n) is 3.76. The zero-order chi connectivity index (χ0) is 14.5. The fourth-order valence-corrected chi connectivity index (χ4v) is 2.59. The average molecular weight is 273 g/mol. The number of nitriles is 1. The van der Waals surface area contributed by atoms with Crippen LogP contribution in [0.5, 0.6) is 0 Å². The number of carbonyl (C=O) groups is 1. The van der Waals surface area contributed by atoms with Crippen LogP contribution in [-0.4, -0.2) is 24.1 Å². The lowest BCUT2D eigenvalue weighted by atomic mass is 9.86. The molecule has 2 rings (SSSR count). The van der Waals surface area contributed by atoms with Gasteiger partial charge in [0.05, 0.1) is 18.6 Å². The second-order valence-electron chi connectivity index (χ2n) is 5.18. The Hall–Kier alpha value is -2.09. The topological polar surface area (TPSA) is 75.0 Å². The Kier molecular flexibility index (Phi) is 4.57. The summed E-state index contributed by atoms with van der Waals surface area (Å²) >= 11 is 0. The highest BCUT2D eigenvalue weighted by Crippen LogP contribution is 2.27. The summed E-state index contributed by atoms with van der Waals surface area (Å²) in [6.07, 6.45) is 3.41. The van der Waals surface area contributed by atoms with Gasteiger partial charge in [0, 0.05) is 11.7 Å². The molecule has 0 spiro atoms. The van der Waals surface area contributed by atoms with Crippen molar-refractivity contribution in [1.82, 2.24) is 4.98 Å². The Morgan fingerprint density at radius 2 is 2.10 bits per heavy atom. The van der Waals surface area contributed by atoms with Gasteiger partial charge in [-0.3, -0.25) is 4.79 Å².